The molecule has 0 amide bonds. The summed E-state index contributed by atoms with van der Waals surface area (Å²) in [5.74, 6) is -4.43. The van der Waals surface area contributed by atoms with E-state index < -0.39 is 53.8 Å². The van der Waals surface area contributed by atoms with E-state index in [1.165, 1.54) is 21.3 Å². The summed E-state index contributed by atoms with van der Waals surface area (Å²) in [6.07, 6.45) is 1.56. The number of methoxy groups -OCH3 is 3. The van der Waals surface area contributed by atoms with Gasteiger partial charge in [-0.3, -0.25) is 14.4 Å². The summed E-state index contributed by atoms with van der Waals surface area (Å²) in [5, 5.41) is 0. The maximum atomic E-state index is 12.7. The predicted octanol–water partition coefficient (Wildman–Crippen LogP) is 1.72. The molecule has 0 aliphatic heterocycles. The van der Waals surface area contributed by atoms with E-state index in [1.807, 2.05) is 0 Å². The number of carbonyl (C=O) groups is 4. The number of hydrogen-bond donors (Lipinski definition) is 0. The Morgan fingerprint density at radius 2 is 1.61 bits per heavy atom. The number of allylic oxidation sites excluding steroid dienone is 1. The first-order valence-electron chi connectivity index (χ1n) is 10.3. The van der Waals surface area contributed by atoms with Crippen molar-refractivity contribution in [2.24, 2.45) is 23.7 Å². The van der Waals surface area contributed by atoms with Crippen molar-refractivity contribution >= 4 is 24.2 Å². The molecule has 31 heavy (non-hydrogen) atoms. The van der Waals surface area contributed by atoms with Crippen LogP contribution in [-0.4, -0.2) is 70.9 Å². The summed E-state index contributed by atoms with van der Waals surface area (Å²) in [6.45, 7) is 5.56. The van der Waals surface area contributed by atoms with E-state index in [1.54, 1.807) is 26.8 Å². The first-order chi connectivity index (χ1) is 14.7. The smallest absolute Gasteiger partial charge is 0.314 e. The molecule has 0 radical (unpaired) electrons. The quantitative estimate of drug-likeness (QED) is 0.193. The van der Waals surface area contributed by atoms with Gasteiger partial charge >= 0.3 is 17.9 Å². The minimum Gasteiger partial charge on any atom is -0.469 e. The van der Waals surface area contributed by atoms with E-state index in [0.717, 1.165) is 0 Å². The molecule has 0 bridgehead atoms. The molecule has 0 spiro atoms. The van der Waals surface area contributed by atoms with E-state index in [-0.39, 0.29) is 26.1 Å². The highest BCUT2D eigenvalue weighted by molar-refractivity contribution is 5.85. The minimum atomic E-state index is -0.830. The molecule has 0 saturated heterocycles. The second kappa shape index (κ2) is 13.2. The fraction of sp³-hybridized carbons (Fsp3) is 0.727. The van der Waals surface area contributed by atoms with E-state index >= 15 is 0 Å². The average Bonchev–Trinajstić information content (AvgIpc) is 2.70. The predicted molar refractivity (Wildman–Crippen MR) is 110 cm³/mol. The second-order valence-electron chi connectivity index (χ2n) is 7.88. The fourth-order valence-corrected chi connectivity index (χ4v) is 3.86. The highest BCUT2D eigenvalue weighted by atomic mass is 16.6. The zero-order chi connectivity index (χ0) is 23.6. The first-order valence-corrected chi connectivity index (χ1v) is 10.3. The molecule has 0 N–H and O–H groups in total. The van der Waals surface area contributed by atoms with Crippen LogP contribution in [0, 0.1) is 23.7 Å². The van der Waals surface area contributed by atoms with Gasteiger partial charge in [0.15, 0.2) is 0 Å². The van der Waals surface area contributed by atoms with E-state index in [4.69, 9.17) is 23.7 Å². The number of aldehydes is 1. The number of esters is 3. The Morgan fingerprint density at radius 3 is 2.13 bits per heavy atom. The van der Waals surface area contributed by atoms with Crippen LogP contribution < -0.4 is 0 Å². The lowest BCUT2D eigenvalue weighted by Gasteiger charge is -2.34. The third kappa shape index (κ3) is 8.06. The van der Waals surface area contributed by atoms with Gasteiger partial charge in [-0.1, -0.05) is 11.6 Å². The molecule has 0 aromatic rings. The summed E-state index contributed by atoms with van der Waals surface area (Å²) in [7, 11) is 4.24. The van der Waals surface area contributed by atoms with E-state index in [0.29, 0.717) is 11.9 Å². The Kier molecular flexibility index (Phi) is 11.4. The standard InChI is InChI=1S/C22H34O9/c1-13-7-16(17(10-23)9-19(24)30-14(2)11-27-4)8-18(21(25)29-6)20(13)22(26)31-15(3)12-28-5/h7,10,14-18,20H,8-9,11-12H2,1-6H3. The zero-order valence-corrected chi connectivity index (χ0v) is 19.1. The van der Waals surface area contributed by atoms with Crippen LogP contribution in [0.15, 0.2) is 11.6 Å². The highest BCUT2D eigenvalue weighted by Crippen LogP contribution is 2.39. The molecule has 6 unspecified atom stereocenters. The Bertz CT molecular complexity index is 657. The van der Waals surface area contributed by atoms with Gasteiger partial charge in [0.25, 0.3) is 0 Å². The summed E-state index contributed by atoms with van der Waals surface area (Å²) in [6, 6.07) is 0. The van der Waals surface area contributed by atoms with Crippen molar-refractivity contribution < 1.29 is 42.9 Å². The highest BCUT2D eigenvalue weighted by Gasteiger charge is 2.43. The van der Waals surface area contributed by atoms with Gasteiger partial charge < -0.3 is 28.5 Å². The average molecular weight is 443 g/mol. The van der Waals surface area contributed by atoms with Crippen molar-refractivity contribution in [3.05, 3.63) is 11.6 Å². The number of hydrogen-bond acceptors (Lipinski definition) is 9. The van der Waals surface area contributed by atoms with Crippen molar-refractivity contribution in [3.8, 4) is 0 Å². The van der Waals surface area contributed by atoms with Gasteiger partial charge in [-0.2, -0.15) is 0 Å². The Labute approximate surface area is 183 Å². The molecule has 0 aromatic carbocycles. The van der Waals surface area contributed by atoms with Crippen molar-refractivity contribution in [1.29, 1.82) is 0 Å². The minimum absolute atomic E-state index is 0.139. The van der Waals surface area contributed by atoms with Crippen molar-refractivity contribution in [2.45, 2.75) is 45.8 Å². The number of rotatable bonds is 12. The Morgan fingerprint density at radius 1 is 1.03 bits per heavy atom. The normalized spacial score (nSPS) is 23.7. The SMILES string of the molecule is COCC(C)OC(=O)CC(C=O)C1C=C(C)C(C(=O)OC(C)COC)C(C(=O)OC)C1. The lowest BCUT2D eigenvalue weighted by Crippen LogP contribution is -2.40. The van der Waals surface area contributed by atoms with Crippen LogP contribution in [0.3, 0.4) is 0 Å². The molecule has 9 heteroatoms. The fourth-order valence-electron chi connectivity index (χ4n) is 3.86. The lowest BCUT2D eigenvalue weighted by atomic mass is 9.70. The number of ether oxygens (including phenoxy) is 5. The van der Waals surface area contributed by atoms with Crippen LogP contribution in [0.4, 0.5) is 0 Å². The lowest BCUT2D eigenvalue weighted by molar-refractivity contribution is -0.163. The summed E-state index contributed by atoms with van der Waals surface area (Å²) < 4.78 is 25.5. The summed E-state index contributed by atoms with van der Waals surface area (Å²) in [4.78, 5) is 49.2. The Balaban J connectivity index is 3.02. The van der Waals surface area contributed by atoms with Crippen LogP contribution in [0.25, 0.3) is 0 Å². The molecule has 6 atom stereocenters. The molecule has 1 aliphatic rings. The van der Waals surface area contributed by atoms with Gasteiger partial charge in [0.2, 0.25) is 0 Å². The molecule has 1 rings (SSSR count). The molecule has 0 heterocycles. The van der Waals surface area contributed by atoms with Crippen molar-refractivity contribution in [1.82, 2.24) is 0 Å². The molecule has 0 saturated carbocycles. The van der Waals surface area contributed by atoms with Gasteiger partial charge in [-0.05, 0) is 33.1 Å². The van der Waals surface area contributed by atoms with Crippen LogP contribution in [0.2, 0.25) is 0 Å². The second-order valence-corrected chi connectivity index (χ2v) is 7.88. The van der Waals surface area contributed by atoms with Gasteiger partial charge in [-0.15, -0.1) is 0 Å². The number of carbonyl (C=O) groups excluding carboxylic acids is 4. The van der Waals surface area contributed by atoms with Gasteiger partial charge in [0.05, 0.1) is 38.6 Å². The van der Waals surface area contributed by atoms with Crippen LogP contribution >= 0.6 is 0 Å². The van der Waals surface area contributed by atoms with Gasteiger partial charge in [-0.25, -0.2) is 0 Å². The molecular weight excluding hydrogens is 408 g/mol. The first kappa shape index (κ1) is 26.8. The van der Waals surface area contributed by atoms with Crippen LogP contribution in [0.1, 0.15) is 33.6 Å². The van der Waals surface area contributed by atoms with E-state index in [9.17, 15) is 19.2 Å². The van der Waals surface area contributed by atoms with Gasteiger partial charge in [0, 0.05) is 20.1 Å². The molecule has 0 fully saturated rings. The maximum Gasteiger partial charge on any atom is 0.314 e. The molecule has 176 valence electrons. The summed E-state index contributed by atoms with van der Waals surface area (Å²) >= 11 is 0. The monoisotopic (exact) mass is 442 g/mol. The third-order valence-corrected chi connectivity index (χ3v) is 5.23. The van der Waals surface area contributed by atoms with Gasteiger partial charge in [0.1, 0.15) is 18.5 Å². The van der Waals surface area contributed by atoms with Crippen molar-refractivity contribution in [3.63, 3.8) is 0 Å². The van der Waals surface area contributed by atoms with Crippen LogP contribution in [0.5, 0.6) is 0 Å². The topological polar surface area (TPSA) is 114 Å². The van der Waals surface area contributed by atoms with Crippen LogP contribution in [-0.2, 0) is 42.9 Å². The van der Waals surface area contributed by atoms with Crippen molar-refractivity contribution in [2.75, 3.05) is 34.5 Å². The molecule has 1 aliphatic carbocycles. The zero-order valence-electron chi connectivity index (χ0n) is 19.1. The maximum absolute atomic E-state index is 12.7. The molecule has 0 aromatic heterocycles. The third-order valence-electron chi connectivity index (χ3n) is 5.23. The molecular formula is C22H34O9. The van der Waals surface area contributed by atoms with E-state index in [2.05, 4.69) is 0 Å². The summed E-state index contributed by atoms with van der Waals surface area (Å²) in [5.41, 5.74) is 0.592. The largest absolute Gasteiger partial charge is 0.469 e. The molecule has 9 nitrogen and oxygen atoms in total. The Hall–Kier alpha value is -2.26.